The smallest absolute Gasteiger partial charge is 0.262 e. The number of nitrogens with one attached hydrogen (secondary N) is 1. The number of rotatable bonds is 8. The standard InChI is InChI=1S/C25H28N4O4/c1-2-32-20-9-7-19(8-10-20)27-23(30)16-33-21-5-3-4-17-6-11-22(28-24(17)21)29-14-12-18(13-15-29)25(26)31/h3-11,18H,2,12-16H2,1H3,(H2,26,31)(H,27,30). The van der Waals surface area contributed by atoms with Crippen molar-refractivity contribution in [3.05, 3.63) is 54.6 Å². The fraction of sp³-hybridized carbons (Fsp3) is 0.320. The van der Waals surface area contributed by atoms with Crippen LogP contribution in [0.25, 0.3) is 10.9 Å². The number of para-hydroxylation sites is 1. The van der Waals surface area contributed by atoms with E-state index in [1.807, 2.05) is 49.4 Å². The van der Waals surface area contributed by atoms with Gasteiger partial charge in [-0.05, 0) is 62.2 Å². The maximum Gasteiger partial charge on any atom is 0.262 e. The molecular weight excluding hydrogens is 420 g/mol. The van der Waals surface area contributed by atoms with Crippen molar-refractivity contribution in [2.24, 2.45) is 11.7 Å². The van der Waals surface area contributed by atoms with Gasteiger partial charge in [-0.15, -0.1) is 0 Å². The quantitative estimate of drug-likeness (QED) is 0.547. The molecule has 0 aliphatic carbocycles. The van der Waals surface area contributed by atoms with Crippen LogP contribution in [0.3, 0.4) is 0 Å². The van der Waals surface area contributed by atoms with Gasteiger partial charge in [0.25, 0.3) is 5.91 Å². The number of primary amides is 1. The second-order valence-corrected chi connectivity index (χ2v) is 7.96. The monoisotopic (exact) mass is 448 g/mol. The summed E-state index contributed by atoms with van der Waals surface area (Å²) < 4.78 is 11.2. The summed E-state index contributed by atoms with van der Waals surface area (Å²) in [5.41, 5.74) is 6.81. The summed E-state index contributed by atoms with van der Waals surface area (Å²) >= 11 is 0. The first kappa shape index (κ1) is 22.4. The van der Waals surface area contributed by atoms with E-state index in [-0.39, 0.29) is 24.3 Å². The van der Waals surface area contributed by atoms with Crippen molar-refractivity contribution in [3.8, 4) is 11.5 Å². The molecule has 0 spiro atoms. The second-order valence-electron chi connectivity index (χ2n) is 7.96. The van der Waals surface area contributed by atoms with E-state index in [1.54, 1.807) is 12.1 Å². The Bertz CT molecular complexity index is 1120. The molecule has 4 rings (SSSR count). The molecule has 2 heterocycles. The molecule has 0 saturated carbocycles. The summed E-state index contributed by atoms with van der Waals surface area (Å²) in [6, 6.07) is 16.8. The molecular formula is C25H28N4O4. The average Bonchev–Trinajstić information content (AvgIpc) is 2.84. The van der Waals surface area contributed by atoms with Gasteiger partial charge >= 0.3 is 0 Å². The van der Waals surface area contributed by atoms with Gasteiger partial charge in [0, 0.05) is 30.1 Å². The third-order valence-corrected chi connectivity index (χ3v) is 5.70. The van der Waals surface area contributed by atoms with E-state index in [0.29, 0.717) is 23.6 Å². The van der Waals surface area contributed by atoms with Crippen molar-refractivity contribution in [3.63, 3.8) is 0 Å². The van der Waals surface area contributed by atoms with Gasteiger partial charge in [-0.3, -0.25) is 9.59 Å². The topological polar surface area (TPSA) is 107 Å². The van der Waals surface area contributed by atoms with Crippen molar-refractivity contribution in [1.82, 2.24) is 4.98 Å². The van der Waals surface area contributed by atoms with Crippen molar-refractivity contribution >= 4 is 34.2 Å². The van der Waals surface area contributed by atoms with E-state index in [4.69, 9.17) is 20.2 Å². The Morgan fingerprint density at radius 2 is 1.82 bits per heavy atom. The Labute approximate surface area is 192 Å². The largest absolute Gasteiger partial charge is 0.494 e. The predicted molar refractivity (Wildman–Crippen MR) is 128 cm³/mol. The number of amides is 2. The molecule has 1 aliphatic heterocycles. The molecule has 1 fully saturated rings. The SMILES string of the molecule is CCOc1ccc(NC(=O)COc2cccc3ccc(N4CCC(C(N)=O)CC4)nc23)cc1. The highest BCUT2D eigenvalue weighted by Gasteiger charge is 2.24. The molecule has 3 N–H and O–H groups in total. The summed E-state index contributed by atoms with van der Waals surface area (Å²) in [6.45, 7) is 3.82. The zero-order valence-corrected chi connectivity index (χ0v) is 18.6. The van der Waals surface area contributed by atoms with E-state index >= 15 is 0 Å². The van der Waals surface area contributed by atoms with Crippen molar-refractivity contribution in [2.45, 2.75) is 19.8 Å². The van der Waals surface area contributed by atoms with Crippen molar-refractivity contribution in [2.75, 3.05) is 36.5 Å². The Morgan fingerprint density at radius 1 is 1.06 bits per heavy atom. The van der Waals surface area contributed by atoms with E-state index in [2.05, 4.69) is 10.2 Å². The molecule has 33 heavy (non-hydrogen) atoms. The molecule has 8 heteroatoms. The third kappa shape index (κ3) is 5.52. The maximum atomic E-state index is 12.4. The van der Waals surface area contributed by atoms with Gasteiger partial charge in [0.1, 0.15) is 22.8 Å². The molecule has 1 aromatic heterocycles. The molecule has 2 amide bonds. The van der Waals surface area contributed by atoms with Crippen molar-refractivity contribution in [1.29, 1.82) is 0 Å². The Morgan fingerprint density at radius 3 is 2.52 bits per heavy atom. The minimum Gasteiger partial charge on any atom is -0.494 e. The number of hydrogen-bond acceptors (Lipinski definition) is 6. The number of carbonyl (C=O) groups is 2. The summed E-state index contributed by atoms with van der Waals surface area (Å²) in [5, 5.41) is 3.75. The van der Waals surface area contributed by atoms with Crippen LogP contribution in [-0.4, -0.2) is 43.1 Å². The van der Waals surface area contributed by atoms with Crippen LogP contribution in [0, 0.1) is 5.92 Å². The van der Waals surface area contributed by atoms with Gasteiger partial charge in [0.15, 0.2) is 6.61 Å². The number of benzene rings is 2. The van der Waals surface area contributed by atoms with Crippen LogP contribution >= 0.6 is 0 Å². The lowest BCUT2D eigenvalue weighted by Gasteiger charge is -2.31. The average molecular weight is 449 g/mol. The summed E-state index contributed by atoms with van der Waals surface area (Å²) in [4.78, 5) is 30.8. The van der Waals surface area contributed by atoms with Gasteiger partial charge < -0.3 is 25.4 Å². The number of ether oxygens (including phenoxy) is 2. The normalized spacial score (nSPS) is 14.2. The summed E-state index contributed by atoms with van der Waals surface area (Å²) in [6.07, 6.45) is 1.44. The second kappa shape index (κ2) is 10.2. The third-order valence-electron chi connectivity index (χ3n) is 5.70. The molecule has 0 unspecified atom stereocenters. The highest BCUT2D eigenvalue weighted by atomic mass is 16.5. The maximum absolute atomic E-state index is 12.4. The molecule has 172 valence electrons. The molecule has 2 aromatic carbocycles. The van der Waals surface area contributed by atoms with Gasteiger partial charge in [-0.2, -0.15) is 0 Å². The molecule has 1 saturated heterocycles. The number of piperidine rings is 1. The first-order valence-corrected chi connectivity index (χ1v) is 11.1. The first-order valence-electron chi connectivity index (χ1n) is 11.1. The molecule has 1 aliphatic rings. The van der Waals surface area contributed by atoms with Gasteiger partial charge in [0.2, 0.25) is 5.91 Å². The van der Waals surface area contributed by atoms with Crippen LogP contribution in [0.4, 0.5) is 11.5 Å². The van der Waals surface area contributed by atoms with Crippen LogP contribution in [0.15, 0.2) is 54.6 Å². The van der Waals surface area contributed by atoms with Gasteiger partial charge in [-0.25, -0.2) is 4.98 Å². The van der Waals surface area contributed by atoms with E-state index in [0.717, 1.165) is 42.9 Å². The van der Waals surface area contributed by atoms with Gasteiger partial charge in [0.05, 0.1) is 6.61 Å². The van der Waals surface area contributed by atoms with Crippen LogP contribution in [0.2, 0.25) is 0 Å². The van der Waals surface area contributed by atoms with Crippen LogP contribution in [0.1, 0.15) is 19.8 Å². The van der Waals surface area contributed by atoms with Crippen LogP contribution in [-0.2, 0) is 9.59 Å². The molecule has 3 aromatic rings. The molecule has 0 atom stereocenters. The van der Waals surface area contributed by atoms with Crippen LogP contribution < -0.4 is 25.4 Å². The lowest BCUT2D eigenvalue weighted by atomic mass is 9.96. The fourth-order valence-electron chi connectivity index (χ4n) is 3.94. The number of nitrogens with two attached hydrogens (primary N) is 1. The first-order chi connectivity index (χ1) is 16.0. The highest BCUT2D eigenvalue weighted by molar-refractivity contribution is 5.92. The molecule has 0 bridgehead atoms. The highest BCUT2D eigenvalue weighted by Crippen LogP contribution is 2.28. The lowest BCUT2D eigenvalue weighted by molar-refractivity contribution is -0.122. The minimum atomic E-state index is -0.263. The zero-order chi connectivity index (χ0) is 23.2. The predicted octanol–water partition coefficient (Wildman–Crippen LogP) is 3.35. The van der Waals surface area contributed by atoms with Crippen molar-refractivity contribution < 1.29 is 19.1 Å². The lowest BCUT2D eigenvalue weighted by Crippen LogP contribution is -2.38. The number of carbonyl (C=O) groups excluding carboxylic acids is 2. The van der Waals surface area contributed by atoms with Gasteiger partial charge in [-0.1, -0.05) is 12.1 Å². The summed E-state index contributed by atoms with van der Waals surface area (Å²) in [7, 11) is 0. The van der Waals surface area contributed by atoms with E-state index < -0.39 is 0 Å². The number of fused-ring (bicyclic) bond motifs is 1. The number of hydrogen-bond donors (Lipinski definition) is 2. The number of aromatic nitrogens is 1. The van der Waals surface area contributed by atoms with Crippen LogP contribution in [0.5, 0.6) is 11.5 Å². The number of nitrogens with zero attached hydrogens (tertiary/aromatic N) is 2. The van der Waals surface area contributed by atoms with E-state index in [9.17, 15) is 9.59 Å². The Kier molecular flexibility index (Phi) is 6.92. The Hall–Kier alpha value is -3.81. The number of pyridine rings is 1. The number of anilines is 2. The minimum absolute atomic E-state index is 0.0745. The molecule has 8 nitrogen and oxygen atoms in total. The zero-order valence-electron chi connectivity index (χ0n) is 18.6. The Balaban J connectivity index is 1.41. The fourth-order valence-corrected chi connectivity index (χ4v) is 3.94. The summed E-state index contributed by atoms with van der Waals surface area (Å²) in [5.74, 6) is 1.54. The van der Waals surface area contributed by atoms with E-state index in [1.165, 1.54) is 0 Å². The molecule has 0 radical (unpaired) electrons.